The summed E-state index contributed by atoms with van der Waals surface area (Å²) in [5, 5.41) is 23.1. The maximum atomic E-state index is 12.4. The highest BCUT2D eigenvalue weighted by atomic mass is 16.5. The monoisotopic (exact) mass is 416 g/mol. The van der Waals surface area contributed by atoms with Crippen molar-refractivity contribution in [1.82, 2.24) is 15.6 Å². The van der Waals surface area contributed by atoms with Crippen LogP contribution in [0.2, 0.25) is 0 Å². The normalized spacial score (nSPS) is 11.0. The average molecular weight is 416 g/mol. The number of carbonyl (C=O) groups is 1. The molecule has 3 N–H and O–H groups in total. The maximum Gasteiger partial charge on any atom is 0.289 e. The zero-order valence-corrected chi connectivity index (χ0v) is 16.9. The number of aromatic hydroxyl groups is 1. The number of phenolic OH excluding ortho intramolecular Hbond substituents is 1. The molecular weight excluding hydrogens is 396 g/mol. The van der Waals surface area contributed by atoms with Gasteiger partial charge in [-0.05, 0) is 35.0 Å². The molecule has 0 aliphatic heterocycles. The maximum absolute atomic E-state index is 12.4. The number of H-pyrrole nitrogens is 1. The number of aromatic nitrogens is 2. The Hall–Kier alpha value is -4.33. The number of fused-ring (bicyclic) bond motifs is 1. The van der Waals surface area contributed by atoms with Gasteiger partial charge in [0.25, 0.3) is 5.91 Å². The third-order valence-corrected chi connectivity index (χ3v) is 4.75. The summed E-state index contributed by atoms with van der Waals surface area (Å²) in [6.45, 7) is 0. The van der Waals surface area contributed by atoms with Gasteiger partial charge in [0.15, 0.2) is 11.5 Å². The van der Waals surface area contributed by atoms with Crippen LogP contribution in [0.4, 0.5) is 0 Å². The Bertz CT molecular complexity index is 1250. The molecule has 4 aromatic rings. The molecule has 0 fully saturated rings. The molecular formula is C23H20N4O4. The van der Waals surface area contributed by atoms with Crippen LogP contribution in [-0.4, -0.2) is 41.6 Å². The predicted octanol–water partition coefficient (Wildman–Crippen LogP) is 3.72. The summed E-state index contributed by atoms with van der Waals surface area (Å²) < 4.78 is 10.2. The van der Waals surface area contributed by atoms with Crippen molar-refractivity contribution in [2.24, 2.45) is 5.10 Å². The number of nitrogens with zero attached hydrogens (tertiary/aromatic N) is 2. The molecule has 4 rings (SSSR count). The van der Waals surface area contributed by atoms with Gasteiger partial charge in [-0.25, -0.2) is 5.43 Å². The molecule has 3 aromatic carbocycles. The summed E-state index contributed by atoms with van der Waals surface area (Å²) in [7, 11) is 2.87. The van der Waals surface area contributed by atoms with Gasteiger partial charge < -0.3 is 14.6 Å². The first-order valence-corrected chi connectivity index (χ1v) is 9.42. The number of phenols is 1. The third kappa shape index (κ3) is 4.18. The van der Waals surface area contributed by atoms with Crippen LogP contribution >= 0.6 is 0 Å². The Labute approximate surface area is 178 Å². The largest absolute Gasteiger partial charge is 0.502 e. The number of hydrogen-bond donors (Lipinski definition) is 3. The number of hydrazone groups is 1. The molecule has 0 saturated heterocycles. The standard InChI is InChI=1S/C23H20N4O4/c1-30-20-9-14(10-21(31-2)22(20)28)13-24-27-23(29)19-12-18(25-26-19)17-8-7-15-5-3-4-6-16(15)11-17/h3-13,28H,1-2H3,(H,25,26)(H,27,29)/b24-13+. The van der Waals surface area contributed by atoms with E-state index in [1.54, 1.807) is 18.2 Å². The van der Waals surface area contributed by atoms with Crippen molar-refractivity contribution in [3.63, 3.8) is 0 Å². The molecule has 0 aliphatic rings. The fourth-order valence-corrected chi connectivity index (χ4v) is 3.15. The van der Waals surface area contributed by atoms with E-state index in [4.69, 9.17) is 9.47 Å². The highest BCUT2D eigenvalue weighted by molar-refractivity contribution is 5.95. The minimum absolute atomic E-state index is 0.107. The van der Waals surface area contributed by atoms with Crippen molar-refractivity contribution in [2.75, 3.05) is 14.2 Å². The van der Waals surface area contributed by atoms with E-state index < -0.39 is 5.91 Å². The number of nitrogens with one attached hydrogen (secondary N) is 2. The molecule has 0 unspecified atom stereocenters. The SMILES string of the molecule is COc1cc(/C=N/NC(=O)c2cc(-c3ccc4ccccc4c3)n[nH]2)cc(OC)c1O. The molecule has 0 spiro atoms. The quantitative estimate of drug-likeness (QED) is 0.328. The fourth-order valence-electron chi connectivity index (χ4n) is 3.15. The van der Waals surface area contributed by atoms with Crippen LogP contribution in [0, 0.1) is 0 Å². The lowest BCUT2D eigenvalue weighted by Crippen LogP contribution is -2.18. The smallest absolute Gasteiger partial charge is 0.289 e. The highest BCUT2D eigenvalue weighted by Crippen LogP contribution is 2.36. The van der Waals surface area contributed by atoms with Crippen molar-refractivity contribution in [3.8, 4) is 28.5 Å². The topological polar surface area (TPSA) is 109 Å². The van der Waals surface area contributed by atoms with Crippen molar-refractivity contribution >= 4 is 22.9 Å². The molecule has 0 saturated carbocycles. The number of methoxy groups -OCH3 is 2. The molecule has 1 heterocycles. The zero-order valence-electron chi connectivity index (χ0n) is 16.9. The Kier molecular flexibility index (Phi) is 5.53. The molecule has 1 amide bonds. The third-order valence-electron chi connectivity index (χ3n) is 4.75. The van der Waals surface area contributed by atoms with E-state index in [1.807, 2.05) is 42.5 Å². The lowest BCUT2D eigenvalue weighted by Gasteiger charge is -2.09. The molecule has 0 bridgehead atoms. The van der Waals surface area contributed by atoms with Crippen molar-refractivity contribution in [2.45, 2.75) is 0 Å². The Balaban J connectivity index is 1.48. The van der Waals surface area contributed by atoms with Gasteiger partial charge in [-0.2, -0.15) is 10.2 Å². The van der Waals surface area contributed by atoms with Crippen molar-refractivity contribution in [3.05, 3.63) is 71.9 Å². The predicted molar refractivity (Wildman–Crippen MR) is 118 cm³/mol. The van der Waals surface area contributed by atoms with Gasteiger partial charge in [0.05, 0.1) is 26.1 Å². The summed E-state index contributed by atoms with van der Waals surface area (Å²) >= 11 is 0. The number of aromatic amines is 1. The molecule has 0 atom stereocenters. The van der Waals surface area contributed by atoms with E-state index >= 15 is 0 Å². The van der Waals surface area contributed by atoms with Gasteiger partial charge in [0.1, 0.15) is 5.69 Å². The van der Waals surface area contributed by atoms with Crippen LogP contribution in [0.5, 0.6) is 17.2 Å². The summed E-state index contributed by atoms with van der Waals surface area (Å²) in [5.74, 6) is -0.0696. The number of hydrogen-bond acceptors (Lipinski definition) is 6. The number of carbonyl (C=O) groups excluding carboxylic acids is 1. The first-order valence-electron chi connectivity index (χ1n) is 9.42. The summed E-state index contributed by atoms with van der Waals surface area (Å²) in [4.78, 5) is 12.4. The number of amides is 1. The zero-order chi connectivity index (χ0) is 21.8. The van der Waals surface area contributed by atoms with E-state index in [2.05, 4.69) is 20.7 Å². The van der Waals surface area contributed by atoms with Crippen molar-refractivity contribution in [1.29, 1.82) is 0 Å². The van der Waals surface area contributed by atoms with E-state index in [0.717, 1.165) is 16.3 Å². The highest BCUT2D eigenvalue weighted by Gasteiger charge is 2.12. The lowest BCUT2D eigenvalue weighted by atomic mass is 10.1. The lowest BCUT2D eigenvalue weighted by molar-refractivity contribution is 0.0950. The van der Waals surface area contributed by atoms with E-state index in [0.29, 0.717) is 11.3 Å². The van der Waals surface area contributed by atoms with Crippen LogP contribution in [0.25, 0.3) is 22.0 Å². The average Bonchev–Trinajstić information content (AvgIpc) is 3.30. The van der Waals surface area contributed by atoms with Crippen LogP contribution in [0.3, 0.4) is 0 Å². The van der Waals surface area contributed by atoms with Crippen LogP contribution in [0.1, 0.15) is 16.1 Å². The van der Waals surface area contributed by atoms with Crippen molar-refractivity contribution < 1.29 is 19.4 Å². The number of ether oxygens (including phenoxy) is 2. The summed E-state index contributed by atoms with van der Waals surface area (Å²) in [6, 6.07) is 18.9. The minimum Gasteiger partial charge on any atom is -0.502 e. The summed E-state index contributed by atoms with van der Waals surface area (Å²) in [5.41, 5.74) is 4.87. The first kappa shape index (κ1) is 20.0. The summed E-state index contributed by atoms with van der Waals surface area (Å²) in [6.07, 6.45) is 1.42. The van der Waals surface area contributed by atoms with E-state index in [-0.39, 0.29) is 22.9 Å². The Morgan fingerprint density at radius 1 is 1.03 bits per heavy atom. The van der Waals surface area contributed by atoms with Crippen LogP contribution in [-0.2, 0) is 0 Å². The second-order valence-corrected chi connectivity index (χ2v) is 6.70. The Morgan fingerprint density at radius 3 is 2.45 bits per heavy atom. The van der Waals surface area contributed by atoms with Crippen LogP contribution in [0.15, 0.2) is 65.8 Å². The van der Waals surface area contributed by atoms with Gasteiger partial charge in [-0.3, -0.25) is 9.89 Å². The molecule has 0 aliphatic carbocycles. The fraction of sp³-hybridized carbons (Fsp3) is 0.0870. The molecule has 8 nitrogen and oxygen atoms in total. The van der Waals surface area contributed by atoms with Gasteiger partial charge in [-0.1, -0.05) is 36.4 Å². The molecule has 8 heteroatoms. The second-order valence-electron chi connectivity index (χ2n) is 6.70. The number of benzene rings is 3. The molecule has 156 valence electrons. The van der Waals surface area contributed by atoms with Gasteiger partial charge in [-0.15, -0.1) is 0 Å². The second kappa shape index (κ2) is 8.58. The minimum atomic E-state index is -0.437. The van der Waals surface area contributed by atoms with E-state index in [1.165, 1.54) is 20.4 Å². The van der Waals surface area contributed by atoms with Gasteiger partial charge in [0.2, 0.25) is 5.75 Å². The molecule has 1 aromatic heterocycles. The molecule has 0 radical (unpaired) electrons. The van der Waals surface area contributed by atoms with Crippen LogP contribution < -0.4 is 14.9 Å². The van der Waals surface area contributed by atoms with Gasteiger partial charge >= 0.3 is 0 Å². The van der Waals surface area contributed by atoms with Gasteiger partial charge in [0, 0.05) is 11.1 Å². The van der Waals surface area contributed by atoms with E-state index in [9.17, 15) is 9.90 Å². The first-order chi connectivity index (χ1) is 15.1. The molecule has 31 heavy (non-hydrogen) atoms. The number of rotatable bonds is 6. The Morgan fingerprint density at radius 2 is 1.74 bits per heavy atom.